The van der Waals surface area contributed by atoms with Crippen molar-refractivity contribution in [2.75, 3.05) is 5.75 Å². The van der Waals surface area contributed by atoms with Crippen LogP contribution in [0.3, 0.4) is 0 Å². The summed E-state index contributed by atoms with van der Waals surface area (Å²) < 4.78 is 0. The molecule has 2 atom stereocenters. The van der Waals surface area contributed by atoms with Crippen molar-refractivity contribution in [1.82, 2.24) is 10.2 Å². The lowest BCUT2D eigenvalue weighted by Crippen LogP contribution is -2.47. The third-order valence-electron chi connectivity index (χ3n) is 4.46. The molecule has 0 unspecified atom stereocenters. The number of aromatic hydroxyl groups is 1. The minimum Gasteiger partial charge on any atom is -0.508 e. The van der Waals surface area contributed by atoms with Gasteiger partial charge >= 0.3 is 0 Å². The molecule has 0 saturated carbocycles. The van der Waals surface area contributed by atoms with E-state index in [0.29, 0.717) is 17.9 Å². The van der Waals surface area contributed by atoms with Crippen LogP contribution in [0, 0.1) is 6.92 Å². The number of nitrogens with zero attached hydrogens (tertiary/aromatic N) is 1. The van der Waals surface area contributed by atoms with Crippen LogP contribution < -0.4 is 5.32 Å². The van der Waals surface area contributed by atoms with E-state index in [9.17, 15) is 14.7 Å². The van der Waals surface area contributed by atoms with Crippen LogP contribution in [-0.2, 0) is 16.1 Å². The molecule has 0 bridgehead atoms. The van der Waals surface area contributed by atoms with Gasteiger partial charge < -0.3 is 15.3 Å². The summed E-state index contributed by atoms with van der Waals surface area (Å²) in [4.78, 5) is 26.5. The average Bonchev–Trinajstić information content (AvgIpc) is 3.06. The number of hydrogen-bond donors (Lipinski definition) is 2. The Labute approximate surface area is 157 Å². The SMILES string of the molecule is CC(=O)N1[C@@H](C(=O)NCc2ccc(C)cc2)CS[C@@H]1c1ccccc1O. The maximum atomic E-state index is 12.7. The van der Waals surface area contributed by atoms with Gasteiger partial charge in [-0.15, -0.1) is 11.8 Å². The second-order valence-electron chi connectivity index (χ2n) is 6.39. The van der Waals surface area contributed by atoms with Crippen molar-refractivity contribution in [1.29, 1.82) is 0 Å². The summed E-state index contributed by atoms with van der Waals surface area (Å²) in [5.74, 6) is 0.278. The Bertz CT molecular complexity index is 807. The first kappa shape index (κ1) is 18.3. The Hall–Kier alpha value is -2.47. The van der Waals surface area contributed by atoms with Crippen LogP contribution >= 0.6 is 11.8 Å². The number of para-hydroxylation sites is 1. The summed E-state index contributed by atoms with van der Waals surface area (Å²) in [7, 11) is 0. The first-order valence-corrected chi connectivity index (χ1v) is 9.54. The fourth-order valence-electron chi connectivity index (χ4n) is 3.04. The Balaban J connectivity index is 1.72. The highest BCUT2D eigenvalue weighted by Gasteiger charge is 2.41. The van der Waals surface area contributed by atoms with Gasteiger partial charge in [-0.25, -0.2) is 0 Å². The van der Waals surface area contributed by atoms with Crippen molar-refractivity contribution < 1.29 is 14.7 Å². The zero-order chi connectivity index (χ0) is 18.7. The number of benzene rings is 2. The highest BCUT2D eigenvalue weighted by Crippen LogP contribution is 2.44. The number of aryl methyl sites for hydroxylation is 1. The molecule has 0 radical (unpaired) electrons. The van der Waals surface area contributed by atoms with Crippen LogP contribution in [0.2, 0.25) is 0 Å². The monoisotopic (exact) mass is 370 g/mol. The van der Waals surface area contributed by atoms with Gasteiger partial charge in [-0.05, 0) is 18.6 Å². The highest BCUT2D eigenvalue weighted by atomic mass is 32.2. The molecule has 0 spiro atoms. The van der Waals surface area contributed by atoms with Crippen molar-refractivity contribution in [2.45, 2.75) is 31.8 Å². The average molecular weight is 370 g/mol. The van der Waals surface area contributed by atoms with Crippen molar-refractivity contribution in [3.05, 3.63) is 65.2 Å². The zero-order valence-electron chi connectivity index (χ0n) is 14.8. The number of phenols is 1. The topological polar surface area (TPSA) is 69.6 Å². The minimum absolute atomic E-state index is 0.136. The van der Waals surface area contributed by atoms with Gasteiger partial charge in [0.05, 0.1) is 0 Å². The molecule has 1 saturated heterocycles. The number of phenolic OH excluding ortho intramolecular Hbond substituents is 1. The summed E-state index contributed by atoms with van der Waals surface area (Å²) >= 11 is 1.49. The molecule has 0 aromatic heterocycles. The van der Waals surface area contributed by atoms with Gasteiger partial charge in [0.25, 0.3) is 0 Å². The number of carbonyl (C=O) groups excluding carboxylic acids is 2. The second-order valence-corrected chi connectivity index (χ2v) is 7.50. The number of amides is 2. The fraction of sp³-hybridized carbons (Fsp3) is 0.300. The van der Waals surface area contributed by atoms with E-state index in [-0.39, 0.29) is 22.9 Å². The van der Waals surface area contributed by atoms with Gasteiger partial charge in [0, 0.05) is 24.8 Å². The van der Waals surface area contributed by atoms with E-state index in [0.717, 1.165) is 5.56 Å². The summed E-state index contributed by atoms with van der Waals surface area (Å²) in [5, 5.41) is 12.7. The Morgan fingerprint density at radius 3 is 2.54 bits per heavy atom. The first-order chi connectivity index (χ1) is 12.5. The van der Waals surface area contributed by atoms with E-state index in [2.05, 4.69) is 5.32 Å². The lowest BCUT2D eigenvalue weighted by molar-refractivity contribution is -0.138. The maximum absolute atomic E-state index is 12.7. The lowest BCUT2D eigenvalue weighted by atomic mass is 10.1. The summed E-state index contributed by atoms with van der Waals surface area (Å²) in [6.45, 7) is 3.90. The van der Waals surface area contributed by atoms with Crippen molar-refractivity contribution in [2.24, 2.45) is 0 Å². The van der Waals surface area contributed by atoms with Gasteiger partial charge in [0.2, 0.25) is 11.8 Å². The number of hydrogen-bond acceptors (Lipinski definition) is 4. The molecule has 5 nitrogen and oxygen atoms in total. The van der Waals surface area contributed by atoms with E-state index >= 15 is 0 Å². The molecule has 136 valence electrons. The molecular formula is C20H22N2O3S. The van der Waals surface area contributed by atoms with Gasteiger partial charge in [-0.3, -0.25) is 9.59 Å². The number of thioether (sulfide) groups is 1. The number of carbonyl (C=O) groups is 2. The van der Waals surface area contributed by atoms with Crippen LogP contribution in [0.1, 0.15) is 29.0 Å². The smallest absolute Gasteiger partial charge is 0.243 e. The standard InChI is InChI=1S/C20H22N2O3S/c1-13-7-9-15(10-8-13)11-21-19(25)17-12-26-20(22(17)14(2)23)16-5-3-4-6-18(16)24/h3-10,17,20,24H,11-12H2,1-2H3,(H,21,25)/t17-,20-/m1/s1. The van der Waals surface area contributed by atoms with Gasteiger partial charge in [0.15, 0.2) is 0 Å². The molecule has 1 aliphatic heterocycles. The molecular weight excluding hydrogens is 348 g/mol. The molecule has 2 N–H and O–H groups in total. The van der Waals surface area contributed by atoms with Gasteiger partial charge in [-0.2, -0.15) is 0 Å². The number of nitrogens with one attached hydrogen (secondary N) is 1. The van der Waals surface area contributed by atoms with Crippen molar-refractivity contribution in [3.8, 4) is 5.75 Å². The zero-order valence-corrected chi connectivity index (χ0v) is 15.6. The second kappa shape index (κ2) is 7.83. The summed E-state index contributed by atoms with van der Waals surface area (Å²) in [5.41, 5.74) is 2.84. The van der Waals surface area contributed by atoms with Crippen LogP contribution in [-0.4, -0.2) is 33.6 Å². The molecule has 0 aliphatic carbocycles. The maximum Gasteiger partial charge on any atom is 0.243 e. The van der Waals surface area contributed by atoms with E-state index in [4.69, 9.17) is 0 Å². The molecule has 1 fully saturated rings. The molecule has 1 heterocycles. The van der Waals surface area contributed by atoms with E-state index in [1.807, 2.05) is 37.3 Å². The van der Waals surface area contributed by atoms with Crippen LogP contribution in [0.5, 0.6) is 5.75 Å². The summed E-state index contributed by atoms with van der Waals surface area (Å²) in [6.07, 6.45) is 0. The minimum atomic E-state index is -0.549. The van der Waals surface area contributed by atoms with Crippen LogP contribution in [0.25, 0.3) is 0 Å². The number of rotatable bonds is 4. The van der Waals surface area contributed by atoms with Crippen molar-refractivity contribution in [3.63, 3.8) is 0 Å². The molecule has 26 heavy (non-hydrogen) atoms. The van der Waals surface area contributed by atoms with E-state index in [1.54, 1.807) is 23.1 Å². The first-order valence-electron chi connectivity index (χ1n) is 8.49. The van der Waals surface area contributed by atoms with E-state index < -0.39 is 6.04 Å². The van der Waals surface area contributed by atoms with Crippen LogP contribution in [0.4, 0.5) is 0 Å². The summed E-state index contributed by atoms with van der Waals surface area (Å²) in [6, 6.07) is 14.4. The molecule has 3 rings (SSSR count). The van der Waals surface area contributed by atoms with Crippen molar-refractivity contribution >= 4 is 23.6 Å². The van der Waals surface area contributed by atoms with Gasteiger partial charge in [-0.1, -0.05) is 48.0 Å². The molecule has 6 heteroatoms. The molecule has 2 aromatic rings. The normalized spacial score (nSPS) is 19.4. The molecule has 1 aliphatic rings. The van der Waals surface area contributed by atoms with Gasteiger partial charge in [0.1, 0.15) is 17.2 Å². The Morgan fingerprint density at radius 2 is 1.88 bits per heavy atom. The molecule has 2 amide bonds. The predicted octanol–water partition coefficient (Wildman–Crippen LogP) is 2.98. The predicted molar refractivity (Wildman–Crippen MR) is 103 cm³/mol. The fourth-order valence-corrected chi connectivity index (χ4v) is 4.55. The quantitative estimate of drug-likeness (QED) is 0.868. The third kappa shape index (κ3) is 3.85. The Kier molecular flexibility index (Phi) is 5.52. The lowest BCUT2D eigenvalue weighted by Gasteiger charge is -2.28. The third-order valence-corrected chi connectivity index (χ3v) is 5.76. The highest BCUT2D eigenvalue weighted by molar-refractivity contribution is 7.99. The Morgan fingerprint density at radius 1 is 1.19 bits per heavy atom. The van der Waals surface area contributed by atoms with Crippen LogP contribution in [0.15, 0.2) is 48.5 Å². The molecule has 2 aromatic carbocycles. The largest absolute Gasteiger partial charge is 0.508 e. The van der Waals surface area contributed by atoms with E-state index in [1.165, 1.54) is 24.2 Å².